The fraction of sp³-hybridized carbons (Fsp3) is 0.500. The largest absolute Gasteiger partial charge is 0.353 e. The fourth-order valence-electron chi connectivity index (χ4n) is 1.95. The summed E-state index contributed by atoms with van der Waals surface area (Å²) in [5.74, 6) is -0.360. The first-order valence-corrected chi connectivity index (χ1v) is 5.08. The van der Waals surface area contributed by atoms with Gasteiger partial charge in [0.05, 0.1) is 6.61 Å². The van der Waals surface area contributed by atoms with Gasteiger partial charge >= 0.3 is 0 Å². The SMILES string of the molecule is COC1(Cc2ccccc2)CCCO1. The van der Waals surface area contributed by atoms with Crippen LogP contribution in [0.2, 0.25) is 0 Å². The molecule has 1 aliphatic heterocycles. The van der Waals surface area contributed by atoms with Gasteiger partial charge in [-0.05, 0) is 12.0 Å². The maximum absolute atomic E-state index is 5.67. The van der Waals surface area contributed by atoms with E-state index < -0.39 is 0 Å². The molecule has 0 radical (unpaired) electrons. The Morgan fingerprint density at radius 2 is 2.14 bits per heavy atom. The molecule has 0 saturated carbocycles. The summed E-state index contributed by atoms with van der Waals surface area (Å²) in [6, 6.07) is 10.4. The lowest BCUT2D eigenvalue weighted by Crippen LogP contribution is -2.32. The summed E-state index contributed by atoms with van der Waals surface area (Å²) in [6.07, 6.45) is 2.95. The third-order valence-electron chi connectivity index (χ3n) is 2.76. The second-order valence-corrected chi connectivity index (χ2v) is 3.73. The van der Waals surface area contributed by atoms with Gasteiger partial charge in [0, 0.05) is 20.0 Å². The Bertz CT molecular complexity index is 276. The van der Waals surface area contributed by atoms with Crippen LogP contribution >= 0.6 is 0 Å². The Hall–Kier alpha value is -0.860. The summed E-state index contributed by atoms with van der Waals surface area (Å²) in [5.41, 5.74) is 1.27. The second kappa shape index (κ2) is 4.11. The summed E-state index contributed by atoms with van der Waals surface area (Å²) >= 11 is 0. The maximum atomic E-state index is 5.67. The van der Waals surface area contributed by atoms with Crippen LogP contribution in [0.25, 0.3) is 0 Å². The van der Waals surface area contributed by atoms with E-state index in [1.165, 1.54) is 5.56 Å². The van der Waals surface area contributed by atoms with Crippen LogP contribution in [0.5, 0.6) is 0 Å². The molecule has 0 N–H and O–H groups in total. The molecule has 14 heavy (non-hydrogen) atoms. The van der Waals surface area contributed by atoms with Gasteiger partial charge < -0.3 is 9.47 Å². The lowest BCUT2D eigenvalue weighted by atomic mass is 10.0. The minimum atomic E-state index is -0.360. The maximum Gasteiger partial charge on any atom is 0.171 e. The molecule has 1 unspecified atom stereocenters. The summed E-state index contributed by atoms with van der Waals surface area (Å²) in [6.45, 7) is 0.820. The van der Waals surface area contributed by atoms with Crippen LogP contribution in [0, 0.1) is 0 Å². The average Bonchev–Trinajstić information content (AvgIpc) is 2.69. The van der Waals surface area contributed by atoms with E-state index in [2.05, 4.69) is 12.1 Å². The molecule has 2 nitrogen and oxygen atoms in total. The van der Waals surface area contributed by atoms with Crippen molar-refractivity contribution in [3.8, 4) is 0 Å². The lowest BCUT2D eigenvalue weighted by molar-refractivity contribution is -0.191. The zero-order chi connectivity index (χ0) is 9.86. The Morgan fingerprint density at radius 1 is 1.36 bits per heavy atom. The number of ether oxygens (including phenoxy) is 2. The molecule has 0 aromatic heterocycles. The number of methoxy groups -OCH3 is 1. The summed E-state index contributed by atoms with van der Waals surface area (Å²) in [4.78, 5) is 0. The van der Waals surface area contributed by atoms with Gasteiger partial charge in [0.2, 0.25) is 0 Å². The van der Waals surface area contributed by atoms with Crippen molar-refractivity contribution in [3.05, 3.63) is 35.9 Å². The molecule has 1 aliphatic rings. The van der Waals surface area contributed by atoms with Crippen molar-refractivity contribution in [1.82, 2.24) is 0 Å². The molecule has 1 aromatic rings. The van der Waals surface area contributed by atoms with Gasteiger partial charge in [-0.1, -0.05) is 30.3 Å². The molecule has 1 heterocycles. The Morgan fingerprint density at radius 3 is 2.71 bits per heavy atom. The summed E-state index contributed by atoms with van der Waals surface area (Å²) in [7, 11) is 1.73. The number of hydrogen-bond acceptors (Lipinski definition) is 2. The summed E-state index contributed by atoms with van der Waals surface area (Å²) < 4.78 is 11.2. The van der Waals surface area contributed by atoms with Crippen LogP contribution in [0.1, 0.15) is 18.4 Å². The molecular weight excluding hydrogens is 176 g/mol. The quantitative estimate of drug-likeness (QED) is 0.732. The lowest BCUT2D eigenvalue weighted by Gasteiger charge is -2.26. The van der Waals surface area contributed by atoms with Crippen LogP contribution in [0.4, 0.5) is 0 Å². The predicted octanol–water partition coefficient (Wildman–Crippen LogP) is 2.38. The van der Waals surface area contributed by atoms with E-state index in [1.54, 1.807) is 7.11 Å². The van der Waals surface area contributed by atoms with Crippen molar-refractivity contribution >= 4 is 0 Å². The van der Waals surface area contributed by atoms with E-state index >= 15 is 0 Å². The van der Waals surface area contributed by atoms with Crippen molar-refractivity contribution in [3.63, 3.8) is 0 Å². The molecule has 0 amide bonds. The van der Waals surface area contributed by atoms with Gasteiger partial charge in [-0.3, -0.25) is 0 Å². The molecule has 1 aromatic carbocycles. The van der Waals surface area contributed by atoms with Crippen LogP contribution in [0.3, 0.4) is 0 Å². The Labute approximate surface area is 84.8 Å². The van der Waals surface area contributed by atoms with E-state index in [-0.39, 0.29) is 5.79 Å². The van der Waals surface area contributed by atoms with Crippen molar-refractivity contribution in [2.24, 2.45) is 0 Å². The van der Waals surface area contributed by atoms with E-state index in [1.807, 2.05) is 18.2 Å². The third-order valence-corrected chi connectivity index (χ3v) is 2.76. The molecule has 2 rings (SSSR count). The van der Waals surface area contributed by atoms with Gasteiger partial charge in [0.25, 0.3) is 0 Å². The molecular formula is C12H16O2. The average molecular weight is 192 g/mol. The van der Waals surface area contributed by atoms with Crippen LogP contribution in [-0.4, -0.2) is 19.5 Å². The highest BCUT2D eigenvalue weighted by molar-refractivity contribution is 5.16. The number of benzene rings is 1. The normalized spacial score (nSPS) is 26.6. The topological polar surface area (TPSA) is 18.5 Å². The smallest absolute Gasteiger partial charge is 0.171 e. The van der Waals surface area contributed by atoms with Crippen molar-refractivity contribution in [2.75, 3.05) is 13.7 Å². The first-order chi connectivity index (χ1) is 6.85. The molecule has 0 aliphatic carbocycles. The molecule has 0 bridgehead atoms. The predicted molar refractivity (Wildman–Crippen MR) is 55.1 cm³/mol. The minimum absolute atomic E-state index is 0.360. The van der Waals surface area contributed by atoms with Gasteiger partial charge in [0.1, 0.15) is 0 Å². The zero-order valence-corrected chi connectivity index (χ0v) is 8.53. The molecule has 76 valence electrons. The van der Waals surface area contributed by atoms with E-state index in [0.29, 0.717) is 0 Å². The van der Waals surface area contributed by atoms with Gasteiger partial charge in [-0.15, -0.1) is 0 Å². The summed E-state index contributed by atoms with van der Waals surface area (Å²) in [5, 5.41) is 0. The van der Waals surface area contributed by atoms with Crippen molar-refractivity contribution < 1.29 is 9.47 Å². The third kappa shape index (κ3) is 1.97. The van der Waals surface area contributed by atoms with E-state index in [0.717, 1.165) is 25.9 Å². The standard InChI is InChI=1S/C12H16O2/c1-13-12(8-5-9-14-12)10-11-6-3-2-4-7-11/h2-4,6-7H,5,8-10H2,1H3. The highest BCUT2D eigenvalue weighted by atomic mass is 16.7. The van der Waals surface area contributed by atoms with Crippen LogP contribution in [-0.2, 0) is 15.9 Å². The monoisotopic (exact) mass is 192 g/mol. The van der Waals surface area contributed by atoms with E-state index in [9.17, 15) is 0 Å². The number of hydrogen-bond donors (Lipinski definition) is 0. The van der Waals surface area contributed by atoms with Crippen LogP contribution < -0.4 is 0 Å². The molecule has 1 fully saturated rings. The van der Waals surface area contributed by atoms with E-state index in [4.69, 9.17) is 9.47 Å². The number of rotatable bonds is 3. The Kier molecular flexibility index (Phi) is 2.85. The first-order valence-electron chi connectivity index (χ1n) is 5.08. The molecule has 2 heteroatoms. The molecule has 0 spiro atoms. The highest BCUT2D eigenvalue weighted by Crippen LogP contribution is 2.29. The second-order valence-electron chi connectivity index (χ2n) is 3.73. The minimum Gasteiger partial charge on any atom is -0.353 e. The Balaban J connectivity index is 2.08. The zero-order valence-electron chi connectivity index (χ0n) is 8.53. The van der Waals surface area contributed by atoms with Crippen molar-refractivity contribution in [1.29, 1.82) is 0 Å². The van der Waals surface area contributed by atoms with Gasteiger partial charge in [-0.25, -0.2) is 0 Å². The molecule has 1 atom stereocenters. The van der Waals surface area contributed by atoms with Crippen LogP contribution in [0.15, 0.2) is 30.3 Å². The van der Waals surface area contributed by atoms with Gasteiger partial charge in [0.15, 0.2) is 5.79 Å². The molecule has 1 saturated heterocycles. The first kappa shape index (κ1) is 9.69. The highest BCUT2D eigenvalue weighted by Gasteiger charge is 2.34. The van der Waals surface area contributed by atoms with Gasteiger partial charge in [-0.2, -0.15) is 0 Å². The van der Waals surface area contributed by atoms with Crippen molar-refractivity contribution in [2.45, 2.75) is 25.0 Å². The fourth-order valence-corrected chi connectivity index (χ4v) is 1.95.